The van der Waals surface area contributed by atoms with Gasteiger partial charge in [-0.3, -0.25) is 4.79 Å². The predicted molar refractivity (Wildman–Crippen MR) is 58.0 cm³/mol. The van der Waals surface area contributed by atoms with Gasteiger partial charge in [-0.1, -0.05) is 13.0 Å². The first-order valence-electron chi connectivity index (χ1n) is 4.87. The van der Waals surface area contributed by atoms with E-state index in [1.165, 1.54) is 12.1 Å². The third-order valence-electron chi connectivity index (χ3n) is 2.23. The number of nitrogens with one attached hydrogen (secondary N) is 1. The Morgan fingerprint density at radius 1 is 1.60 bits per heavy atom. The van der Waals surface area contributed by atoms with E-state index in [9.17, 15) is 9.18 Å². The van der Waals surface area contributed by atoms with E-state index in [0.717, 1.165) is 5.56 Å². The molecule has 3 nitrogen and oxygen atoms in total. The van der Waals surface area contributed by atoms with Crippen molar-refractivity contribution in [2.24, 2.45) is 5.73 Å². The fraction of sp³-hybridized carbons (Fsp3) is 0.364. The lowest BCUT2D eigenvalue weighted by Crippen LogP contribution is -2.35. The number of nitrogens with two attached hydrogens (primary N) is 1. The molecule has 0 saturated heterocycles. The summed E-state index contributed by atoms with van der Waals surface area (Å²) in [4.78, 5) is 11.4. The first kappa shape index (κ1) is 11.7. The van der Waals surface area contributed by atoms with Crippen LogP contribution in [-0.4, -0.2) is 11.9 Å². The molecule has 0 fully saturated rings. The molecule has 0 aromatic heterocycles. The van der Waals surface area contributed by atoms with E-state index in [0.29, 0.717) is 12.1 Å². The summed E-state index contributed by atoms with van der Waals surface area (Å²) in [5.41, 5.74) is 6.84. The minimum Gasteiger partial charge on any atom is -0.324 e. The van der Waals surface area contributed by atoms with Crippen molar-refractivity contribution < 1.29 is 9.18 Å². The van der Waals surface area contributed by atoms with Crippen molar-refractivity contribution in [2.75, 3.05) is 5.32 Å². The molecular formula is C11H15FN2O. The maximum atomic E-state index is 12.9. The third kappa shape index (κ3) is 3.02. The highest BCUT2D eigenvalue weighted by Gasteiger charge is 2.12. The van der Waals surface area contributed by atoms with Gasteiger partial charge in [0.15, 0.2) is 0 Å². The van der Waals surface area contributed by atoms with Gasteiger partial charge in [0.2, 0.25) is 5.91 Å². The second-order valence-corrected chi connectivity index (χ2v) is 3.46. The van der Waals surface area contributed by atoms with Crippen LogP contribution in [-0.2, 0) is 4.79 Å². The molecule has 0 aliphatic rings. The van der Waals surface area contributed by atoms with E-state index in [1.54, 1.807) is 13.0 Å². The number of hydrogen-bond donors (Lipinski definition) is 2. The Kier molecular flexibility index (Phi) is 3.80. The third-order valence-corrected chi connectivity index (χ3v) is 2.23. The zero-order chi connectivity index (χ0) is 11.4. The highest BCUT2D eigenvalue weighted by atomic mass is 19.1. The smallest absolute Gasteiger partial charge is 0.241 e. The number of amides is 1. The van der Waals surface area contributed by atoms with E-state index in [1.807, 2.05) is 6.92 Å². The van der Waals surface area contributed by atoms with E-state index in [2.05, 4.69) is 5.32 Å². The summed E-state index contributed by atoms with van der Waals surface area (Å²) < 4.78 is 12.9. The average molecular weight is 210 g/mol. The zero-order valence-corrected chi connectivity index (χ0v) is 8.88. The van der Waals surface area contributed by atoms with E-state index >= 15 is 0 Å². The van der Waals surface area contributed by atoms with Gasteiger partial charge in [-0.15, -0.1) is 0 Å². The van der Waals surface area contributed by atoms with Crippen LogP contribution in [0.15, 0.2) is 18.2 Å². The topological polar surface area (TPSA) is 55.1 Å². The fourth-order valence-corrected chi connectivity index (χ4v) is 1.14. The highest BCUT2D eigenvalue weighted by molar-refractivity contribution is 5.95. The Balaban J connectivity index is 2.80. The number of benzene rings is 1. The number of hydrogen-bond acceptors (Lipinski definition) is 2. The van der Waals surface area contributed by atoms with Gasteiger partial charge >= 0.3 is 0 Å². The van der Waals surface area contributed by atoms with Gasteiger partial charge in [-0.2, -0.15) is 0 Å². The van der Waals surface area contributed by atoms with Crippen molar-refractivity contribution in [3.63, 3.8) is 0 Å². The molecule has 0 aliphatic heterocycles. The van der Waals surface area contributed by atoms with Gasteiger partial charge in [-0.25, -0.2) is 4.39 Å². The number of anilines is 1. The molecule has 0 saturated carbocycles. The molecule has 15 heavy (non-hydrogen) atoms. The van der Waals surface area contributed by atoms with Crippen LogP contribution in [0, 0.1) is 12.7 Å². The Morgan fingerprint density at radius 2 is 2.27 bits per heavy atom. The van der Waals surface area contributed by atoms with Gasteiger partial charge < -0.3 is 11.1 Å². The van der Waals surface area contributed by atoms with Crippen LogP contribution in [0.4, 0.5) is 10.1 Å². The SMILES string of the molecule is CC[C@H](N)C(=O)Nc1cc(F)ccc1C. The van der Waals surface area contributed by atoms with Crippen molar-refractivity contribution in [2.45, 2.75) is 26.3 Å². The lowest BCUT2D eigenvalue weighted by atomic mass is 10.1. The molecule has 1 aromatic rings. The standard InChI is InChI=1S/C11H15FN2O/c1-3-9(13)11(15)14-10-6-8(12)5-4-7(10)2/h4-6,9H,3,13H2,1-2H3,(H,14,15)/t9-/m0/s1. The van der Waals surface area contributed by atoms with Crippen molar-refractivity contribution >= 4 is 11.6 Å². The molecule has 0 radical (unpaired) electrons. The molecule has 1 aromatic carbocycles. The van der Waals surface area contributed by atoms with E-state index in [4.69, 9.17) is 5.73 Å². The van der Waals surface area contributed by atoms with Crippen LogP contribution in [0.5, 0.6) is 0 Å². The largest absolute Gasteiger partial charge is 0.324 e. The zero-order valence-electron chi connectivity index (χ0n) is 8.88. The quantitative estimate of drug-likeness (QED) is 0.799. The minimum absolute atomic E-state index is 0.286. The normalized spacial score (nSPS) is 12.3. The molecule has 1 rings (SSSR count). The molecule has 4 heteroatoms. The lowest BCUT2D eigenvalue weighted by molar-refractivity contribution is -0.117. The van der Waals surface area contributed by atoms with Crippen LogP contribution >= 0.6 is 0 Å². The van der Waals surface area contributed by atoms with Crippen molar-refractivity contribution in [3.05, 3.63) is 29.6 Å². The highest BCUT2D eigenvalue weighted by Crippen LogP contribution is 2.16. The first-order chi connectivity index (χ1) is 7.04. The maximum Gasteiger partial charge on any atom is 0.241 e. The van der Waals surface area contributed by atoms with Gasteiger partial charge in [0, 0.05) is 5.69 Å². The van der Waals surface area contributed by atoms with Gasteiger partial charge in [0.05, 0.1) is 6.04 Å². The second kappa shape index (κ2) is 4.89. The Morgan fingerprint density at radius 3 is 2.87 bits per heavy atom. The summed E-state index contributed by atoms with van der Waals surface area (Å²) in [5.74, 6) is -0.660. The van der Waals surface area contributed by atoms with Crippen molar-refractivity contribution in [1.82, 2.24) is 0 Å². The first-order valence-corrected chi connectivity index (χ1v) is 4.87. The molecular weight excluding hydrogens is 195 g/mol. The molecule has 0 spiro atoms. The number of rotatable bonds is 3. The van der Waals surface area contributed by atoms with Crippen LogP contribution in [0.25, 0.3) is 0 Å². The fourth-order valence-electron chi connectivity index (χ4n) is 1.14. The Hall–Kier alpha value is -1.42. The summed E-state index contributed by atoms with van der Waals surface area (Å²) in [6.07, 6.45) is 0.556. The number of aryl methyl sites for hydroxylation is 1. The number of carbonyl (C=O) groups excluding carboxylic acids is 1. The Labute approximate surface area is 88.5 Å². The van der Waals surface area contributed by atoms with Crippen LogP contribution < -0.4 is 11.1 Å². The molecule has 0 aliphatic carbocycles. The van der Waals surface area contributed by atoms with E-state index < -0.39 is 6.04 Å². The molecule has 1 amide bonds. The number of halogens is 1. The van der Waals surface area contributed by atoms with Crippen LogP contribution in [0.3, 0.4) is 0 Å². The number of carbonyl (C=O) groups is 1. The molecule has 82 valence electrons. The van der Waals surface area contributed by atoms with Crippen molar-refractivity contribution in [3.8, 4) is 0 Å². The van der Waals surface area contributed by atoms with Crippen LogP contribution in [0.1, 0.15) is 18.9 Å². The summed E-state index contributed by atoms with van der Waals surface area (Å²) >= 11 is 0. The molecule has 0 heterocycles. The van der Waals surface area contributed by atoms with Gasteiger partial charge in [-0.05, 0) is 31.0 Å². The second-order valence-electron chi connectivity index (χ2n) is 3.46. The van der Waals surface area contributed by atoms with Gasteiger partial charge in [0.1, 0.15) is 5.82 Å². The van der Waals surface area contributed by atoms with Crippen molar-refractivity contribution in [1.29, 1.82) is 0 Å². The average Bonchev–Trinajstić information content (AvgIpc) is 2.22. The van der Waals surface area contributed by atoms with Gasteiger partial charge in [0.25, 0.3) is 0 Å². The molecule has 0 bridgehead atoms. The monoisotopic (exact) mass is 210 g/mol. The molecule has 0 unspecified atom stereocenters. The molecule has 3 N–H and O–H groups in total. The summed E-state index contributed by atoms with van der Waals surface area (Å²) in [6, 6.07) is 3.70. The maximum absolute atomic E-state index is 12.9. The Bertz CT molecular complexity index is 366. The lowest BCUT2D eigenvalue weighted by Gasteiger charge is -2.11. The minimum atomic E-state index is -0.548. The summed E-state index contributed by atoms with van der Waals surface area (Å²) in [7, 11) is 0. The summed E-state index contributed by atoms with van der Waals surface area (Å²) in [6.45, 7) is 3.62. The predicted octanol–water partition coefficient (Wildman–Crippen LogP) is 1.81. The summed E-state index contributed by atoms with van der Waals surface area (Å²) in [5, 5.41) is 2.60. The van der Waals surface area contributed by atoms with Crippen LogP contribution in [0.2, 0.25) is 0 Å². The molecule has 1 atom stereocenters. The van der Waals surface area contributed by atoms with E-state index in [-0.39, 0.29) is 11.7 Å².